The molecule has 8 nitrogen and oxygen atoms in total. The number of amides is 2. The summed E-state index contributed by atoms with van der Waals surface area (Å²) in [6.45, 7) is 0.910. The fraction of sp³-hybridized carbons (Fsp3) is 0.481. The summed E-state index contributed by atoms with van der Waals surface area (Å²) >= 11 is 0. The molecule has 42 heavy (non-hydrogen) atoms. The number of nitrogens with one attached hydrogen (secondary N) is 2. The molecule has 0 spiro atoms. The van der Waals surface area contributed by atoms with Gasteiger partial charge in [0, 0.05) is 23.2 Å². The van der Waals surface area contributed by atoms with Crippen LogP contribution in [0.3, 0.4) is 0 Å². The zero-order chi connectivity index (χ0) is 31.5. The molecule has 2 aromatic carbocycles. The van der Waals surface area contributed by atoms with Gasteiger partial charge in [-0.3, -0.25) is 0 Å². The Hall–Kier alpha value is -3.75. The number of ether oxygens (including phenoxy) is 2. The molecule has 2 aromatic rings. The number of fused-ring (bicyclic) bond motifs is 1. The van der Waals surface area contributed by atoms with Gasteiger partial charge in [0.05, 0.1) is 19.8 Å². The van der Waals surface area contributed by atoms with Crippen LogP contribution in [-0.4, -0.2) is 68.1 Å². The van der Waals surface area contributed by atoms with E-state index < -0.39 is 35.7 Å². The van der Waals surface area contributed by atoms with Crippen LogP contribution in [0.15, 0.2) is 36.4 Å². The average Bonchev–Trinajstić information content (AvgIpc) is 3.25. The molecule has 2 fully saturated rings. The van der Waals surface area contributed by atoms with Crippen molar-refractivity contribution in [3.8, 4) is 11.5 Å². The first-order valence-electron chi connectivity index (χ1n) is 12.7. The van der Waals surface area contributed by atoms with Crippen LogP contribution in [0.2, 0.25) is 0 Å². The number of likely N-dealkylation sites (tertiary alicyclic amines) is 1. The van der Waals surface area contributed by atoms with Gasteiger partial charge in [-0.05, 0) is 75.2 Å². The summed E-state index contributed by atoms with van der Waals surface area (Å²) in [5.41, 5.74) is -0.468. The van der Waals surface area contributed by atoms with E-state index in [2.05, 4.69) is 28.6 Å². The van der Waals surface area contributed by atoms with Crippen LogP contribution in [0.4, 0.5) is 41.2 Å². The summed E-state index contributed by atoms with van der Waals surface area (Å²) in [7, 11) is 5.27. The van der Waals surface area contributed by atoms with Crippen molar-refractivity contribution in [2.75, 3.05) is 33.1 Å². The number of nitrogens with zero attached hydrogens (tertiary/aromatic N) is 1. The van der Waals surface area contributed by atoms with Gasteiger partial charge in [0.25, 0.3) is 0 Å². The number of hydrogen-bond acceptors (Lipinski definition) is 5. The molecule has 1 heterocycles. The van der Waals surface area contributed by atoms with Gasteiger partial charge in [0.15, 0.2) is 11.5 Å². The van der Waals surface area contributed by atoms with E-state index in [0.717, 1.165) is 25.5 Å². The third-order valence-corrected chi connectivity index (χ3v) is 7.59. The van der Waals surface area contributed by atoms with Crippen LogP contribution in [0.25, 0.3) is 0 Å². The molecule has 3 atom stereocenters. The Balaban J connectivity index is 0.000000616. The summed E-state index contributed by atoms with van der Waals surface area (Å²) in [4.78, 5) is 23.7. The maximum Gasteiger partial charge on any atom is 0.490 e. The molecule has 3 unspecified atom stereocenters. The van der Waals surface area contributed by atoms with Crippen LogP contribution in [-0.2, 0) is 16.4 Å². The lowest BCUT2D eigenvalue weighted by molar-refractivity contribution is -0.192. The van der Waals surface area contributed by atoms with Crippen molar-refractivity contribution >= 4 is 17.7 Å². The first-order chi connectivity index (χ1) is 19.5. The third-order valence-electron chi connectivity index (χ3n) is 7.59. The van der Waals surface area contributed by atoms with Crippen molar-refractivity contribution in [1.82, 2.24) is 10.2 Å². The quantitative estimate of drug-likeness (QED) is 0.370. The number of carbonyl (C=O) groups is 2. The number of alkyl halides is 6. The molecule has 4 rings (SSSR count). The van der Waals surface area contributed by atoms with E-state index in [1.165, 1.54) is 5.56 Å². The first kappa shape index (κ1) is 32.8. The number of halogens is 7. The third kappa shape index (κ3) is 7.36. The Kier molecular flexibility index (Phi) is 9.85. The summed E-state index contributed by atoms with van der Waals surface area (Å²) in [5.74, 6) is -2.80. The Morgan fingerprint density at radius 3 is 2.21 bits per heavy atom. The molecular formula is C27H30F7N3O5. The zero-order valence-electron chi connectivity index (χ0n) is 22.8. The number of methoxy groups -OCH3 is 2. The number of likely N-dealkylation sites (N-methyl/N-ethyl adjacent to an activating group) is 1. The lowest BCUT2D eigenvalue weighted by Gasteiger charge is -2.45. The second-order valence-electron chi connectivity index (χ2n) is 10.0. The molecule has 232 valence electrons. The van der Waals surface area contributed by atoms with Gasteiger partial charge in [-0.2, -0.15) is 26.3 Å². The number of urea groups is 1. The fourth-order valence-electron chi connectivity index (χ4n) is 5.57. The molecule has 1 aliphatic carbocycles. The normalized spacial score (nSPS) is 22.3. The molecular weight excluding hydrogens is 579 g/mol. The molecule has 1 aliphatic heterocycles. The fourth-order valence-corrected chi connectivity index (χ4v) is 5.57. The van der Waals surface area contributed by atoms with E-state index in [-0.39, 0.29) is 23.2 Å². The van der Waals surface area contributed by atoms with Gasteiger partial charge in [0.2, 0.25) is 0 Å². The average molecular weight is 610 g/mol. The number of carboxylic acid groups (broad SMARTS) is 1. The van der Waals surface area contributed by atoms with Gasteiger partial charge in [0.1, 0.15) is 5.82 Å². The highest BCUT2D eigenvalue weighted by Gasteiger charge is 2.50. The van der Waals surface area contributed by atoms with Crippen molar-refractivity contribution in [2.24, 2.45) is 0 Å². The van der Waals surface area contributed by atoms with E-state index in [0.29, 0.717) is 36.5 Å². The summed E-state index contributed by atoms with van der Waals surface area (Å²) in [6.07, 6.45) is -6.73. The Labute approximate surface area is 236 Å². The molecule has 2 amide bonds. The molecule has 2 aliphatic rings. The monoisotopic (exact) mass is 609 g/mol. The highest BCUT2D eigenvalue weighted by Crippen LogP contribution is 2.50. The predicted molar refractivity (Wildman–Crippen MR) is 137 cm³/mol. The maximum atomic E-state index is 13.5. The number of hydrogen-bond donors (Lipinski definition) is 3. The molecule has 15 heteroatoms. The van der Waals surface area contributed by atoms with E-state index in [1.807, 2.05) is 12.1 Å². The molecule has 0 radical (unpaired) electrons. The molecule has 1 saturated carbocycles. The number of rotatable bonds is 5. The highest BCUT2D eigenvalue weighted by atomic mass is 19.4. The van der Waals surface area contributed by atoms with Crippen molar-refractivity contribution in [3.63, 3.8) is 0 Å². The Bertz CT molecular complexity index is 1290. The summed E-state index contributed by atoms with van der Waals surface area (Å²) in [5, 5.41) is 12.4. The van der Waals surface area contributed by atoms with E-state index >= 15 is 0 Å². The first-order valence-corrected chi connectivity index (χ1v) is 12.7. The van der Waals surface area contributed by atoms with E-state index in [1.54, 1.807) is 14.2 Å². The SMILES string of the molecule is COc1ccc(C23CCC(NC(=O)Nc4ccc(F)c(C(F)(F)F)c4)CC2N(C)CC3)cc1OC.O=C(O)C(F)(F)F. The number of carbonyl (C=O) groups excluding carboxylic acids is 1. The van der Waals surface area contributed by atoms with Crippen molar-refractivity contribution in [3.05, 3.63) is 53.3 Å². The lowest BCUT2D eigenvalue weighted by Crippen LogP contribution is -2.52. The van der Waals surface area contributed by atoms with Crippen molar-refractivity contribution < 1.29 is 54.9 Å². The van der Waals surface area contributed by atoms with Gasteiger partial charge < -0.3 is 30.1 Å². The smallest absolute Gasteiger partial charge is 0.490 e. The number of carboxylic acids is 1. The minimum absolute atomic E-state index is 0.0957. The summed E-state index contributed by atoms with van der Waals surface area (Å²) < 4.78 is 95.1. The molecule has 1 saturated heterocycles. The topological polar surface area (TPSA) is 100 Å². The Morgan fingerprint density at radius 2 is 1.64 bits per heavy atom. The van der Waals surface area contributed by atoms with E-state index in [9.17, 15) is 35.5 Å². The van der Waals surface area contributed by atoms with Crippen LogP contribution >= 0.6 is 0 Å². The highest BCUT2D eigenvalue weighted by molar-refractivity contribution is 5.89. The second-order valence-corrected chi connectivity index (χ2v) is 10.0. The van der Waals surface area contributed by atoms with Crippen LogP contribution < -0.4 is 20.1 Å². The molecule has 0 aromatic heterocycles. The maximum absolute atomic E-state index is 13.5. The zero-order valence-corrected chi connectivity index (χ0v) is 22.8. The van der Waals surface area contributed by atoms with Gasteiger partial charge in [-0.1, -0.05) is 6.07 Å². The van der Waals surface area contributed by atoms with Crippen molar-refractivity contribution in [2.45, 2.75) is 55.5 Å². The molecule has 3 N–H and O–H groups in total. The largest absolute Gasteiger partial charge is 0.493 e. The number of anilines is 1. The van der Waals surface area contributed by atoms with Crippen molar-refractivity contribution in [1.29, 1.82) is 0 Å². The van der Waals surface area contributed by atoms with Crippen LogP contribution in [0.1, 0.15) is 36.8 Å². The van der Waals surface area contributed by atoms with Crippen LogP contribution in [0, 0.1) is 5.82 Å². The second kappa shape index (κ2) is 12.6. The minimum atomic E-state index is -5.08. The Morgan fingerprint density at radius 1 is 1.00 bits per heavy atom. The van der Waals surface area contributed by atoms with Gasteiger partial charge in [-0.25, -0.2) is 14.0 Å². The van der Waals surface area contributed by atoms with Gasteiger partial charge in [-0.15, -0.1) is 0 Å². The standard InChI is InChI=1S/C25H29F4N3O3.C2HF3O2/c1-32-11-10-24(15-4-7-20(34-2)21(12-15)35-3)9-8-17(14-22(24)32)31-23(33)30-16-5-6-19(26)18(13-16)25(27,28)29;3-2(4,5)1(6)7/h4-7,12-13,17,22H,8-11,14H2,1-3H3,(H2,30,31,33);(H,6,7). The lowest BCUT2D eigenvalue weighted by atomic mass is 9.65. The number of aliphatic carboxylic acids is 1. The summed E-state index contributed by atoms with van der Waals surface area (Å²) in [6, 6.07) is 7.81. The van der Waals surface area contributed by atoms with Gasteiger partial charge >= 0.3 is 24.4 Å². The van der Waals surface area contributed by atoms with Crippen LogP contribution in [0.5, 0.6) is 11.5 Å². The number of benzene rings is 2. The van der Waals surface area contributed by atoms with E-state index in [4.69, 9.17) is 19.4 Å². The predicted octanol–water partition coefficient (Wildman–Crippen LogP) is 5.81. The minimum Gasteiger partial charge on any atom is -0.493 e. The molecule has 0 bridgehead atoms.